The van der Waals surface area contributed by atoms with E-state index < -0.39 is 35.3 Å². The summed E-state index contributed by atoms with van der Waals surface area (Å²) in [7, 11) is 0. The molecule has 3 aromatic rings. The van der Waals surface area contributed by atoms with Gasteiger partial charge in [0.25, 0.3) is 5.91 Å². The van der Waals surface area contributed by atoms with Crippen LogP contribution in [0.5, 0.6) is 0 Å². The van der Waals surface area contributed by atoms with Gasteiger partial charge in [-0.05, 0) is 41.8 Å². The van der Waals surface area contributed by atoms with Gasteiger partial charge < -0.3 is 5.73 Å². The maximum absolute atomic E-state index is 13.4. The predicted molar refractivity (Wildman–Crippen MR) is 129 cm³/mol. The number of fused-ring (bicyclic) bond motifs is 1. The van der Waals surface area contributed by atoms with E-state index in [0.29, 0.717) is 28.6 Å². The molecule has 11 heteroatoms. The van der Waals surface area contributed by atoms with Gasteiger partial charge in [0.1, 0.15) is 0 Å². The number of alkyl halides is 6. The Morgan fingerprint density at radius 3 is 2.11 bits per heavy atom. The molecule has 2 N–H and O–H groups in total. The van der Waals surface area contributed by atoms with Crippen LogP contribution in [0, 0.1) is 5.92 Å². The number of hydrazone groups is 1. The van der Waals surface area contributed by atoms with Gasteiger partial charge in [-0.3, -0.25) is 9.78 Å². The topological polar surface area (TPSA) is 71.6 Å². The van der Waals surface area contributed by atoms with Crippen molar-refractivity contribution in [3.8, 4) is 0 Å². The van der Waals surface area contributed by atoms with Crippen molar-refractivity contribution < 1.29 is 31.1 Å². The molecule has 0 spiro atoms. The number of amides is 1. The minimum absolute atomic E-state index is 0.0462. The molecule has 0 saturated heterocycles. The Labute approximate surface area is 208 Å². The zero-order valence-electron chi connectivity index (χ0n) is 19.7. The van der Waals surface area contributed by atoms with Gasteiger partial charge >= 0.3 is 12.4 Å². The number of nitrogens with zero attached hydrogens (tertiary/aromatic N) is 3. The Hall–Kier alpha value is -4.15. The molecule has 0 fully saturated rings. The predicted octanol–water partition coefficient (Wildman–Crippen LogP) is 6.60. The normalized spacial score (nSPS) is 13.2. The summed E-state index contributed by atoms with van der Waals surface area (Å²) >= 11 is 0. The Morgan fingerprint density at radius 1 is 1.00 bits per heavy atom. The third-order valence-electron chi connectivity index (χ3n) is 5.27. The molecule has 0 aliphatic heterocycles. The van der Waals surface area contributed by atoms with E-state index in [9.17, 15) is 31.1 Å². The molecule has 2 aromatic carbocycles. The lowest BCUT2D eigenvalue weighted by atomic mass is 9.95. The fourth-order valence-electron chi connectivity index (χ4n) is 3.49. The molecule has 0 radical (unpaired) electrons. The molecule has 0 unspecified atom stereocenters. The van der Waals surface area contributed by atoms with Crippen LogP contribution in [0.2, 0.25) is 0 Å². The lowest BCUT2D eigenvalue weighted by Gasteiger charge is -2.19. The molecule has 37 heavy (non-hydrogen) atoms. The SMILES string of the molecule is C=CN(/C=C(/C(N)=O)c1cnc2ccccc2c1)/N=C(/c1cc(C(F)(F)F)cc(C(F)(F)F)c1)C(C)C. The van der Waals surface area contributed by atoms with Crippen molar-refractivity contribution in [1.82, 2.24) is 9.99 Å². The van der Waals surface area contributed by atoms with Crippen LogP contribution in [0.15, 0.2) is 78.8 Å². The number of pyridine rings is 1. The van der Waals surface area contributed by atoms with Gasteiger partial charge in [0.05, 0.1) is 27.9 Å². The molecule has 0 saturated carbocycles. The highest BCUT2D eigenvalue weighted by molar-refractivity contribution is 6.19. The van der Waals surface area contributed by atoms with Gasteiger partial charge in [-0.1, -0.05) is 38.6 Å². The molecule has 5 nitrogen and oxygen atoms in total. The lowest BCUT2D eigenvalue weighted by molar-refractivity contribution is -0.143. The number of nitrogens with two attached hydrogens (primary N) is 1. The highest BCUT2D eigenvalue weighted by atomic mass is 19.4. The Balaban J connectivity index is 2.16. The molecule has 0 atom stereocenters. The standard InChI is InChI=1S/C26H22F6N4O/c1-4-36(14-21(24(33)37)18-9-16-7-5-6-8-22(16)34-13-18)35-23(15(2)3)17-10-19(25(27,28)29)12-20(11-17)26(30,31)32/h4-15H,1H2,2-3H3,(H2,33,37)/b21-14+,35-23+. The number of hydrogen-bond donors (Lipinski definition) is 1. The van der Waals surface area contributed by atoms with Crippen LogP contribution in [0.25, 0.3) is 16.5 Å². The summed E-state index contributed by atoms with van der Waals surface area (Å²) in [6, 6.07) is 10.0. The molecular weight excluding hydrogens is 498 g/mol. The van der Waals surface area contributed by atoms with Crippen LogP contribution in [0.1, 0.15) is 36.1 Å². The number of halogens is 6. The van der Waals surface area contributed by atoms with Crippen molar-refractivity contribution >= 4 is 28.1 Å². The lowest BCUT2D eigenvalue weighted by Crippen LogP contribution is -2.20. The molecule has 0 aliphatic rings. The van der Waals surface area contributed by atoms with Crippen molar-refractivity contribution in [3.63, 3.8) is 0 Å². The van der Waals surface area contributed by atoms with E-state index in [1.165, 1.54) is 12.4 Å². The first-order chi connectivity index (χ1) is 17.2. The minimum atomic E-state index is -5.02. The van der Waals surface area contributed by atoms with Crippen LogP contribution in [0.3, 0.4) is 0 Å². The third-order valence-corrected chi connectivity index (χ3v) is 5.27. The molecule has 1 heterocycles. The van der Waals surface area contributed by atoms with E-state index in [1.54, 1.807) is 44.2 Å². The van der Waals surface area contributed by atoms with Crippen molar-refractivity contribution in [3.05, 3.63) is 96.0 Å². The molecule has 194 valence electrons. The van der Waals surface area contributed by atoms with Gasteiger partial charge in [-0.2, -0.15) is 31.4 Å². The van der Waals surface area contributed by atoms with Crippen molar-refractivity contribution in [1.29, 1.82) is 0 Å². The fourth-order valence-corrected chi connectivity index (χ4v) is 3.49. The van der Waals surface area contributed by atoms with E-state index in [4.69, 9.17) is 5.73 Å². The summed E-state index contributed by atoms with van der Waals surface area (Å²) in [5, 5.41) is 5.94. The molecular formula is C26H22F6N4O. The summed E-state index contributed by atoms with van der Waals surface area (Å²) in [6.45, 7) is 6.69. The van der Waals surface area contributed by atoms with Gasteiger partial charge in [-0.25, -0.2) is 5.01 Å². The molecule has 1 aromatic heterocycles. The number of rotatable bonds is 7. The highest BCUT2D eigenvalue weighted by Crippen LogP contribution is 2.37. The van der Waals surface area contributed by atoms with E-state index in [1.807, 2.05) is 0 Å². The van der Waals surface area contributed by atoms with Crippen molar-refractivity contribution in [2.24, 2.45) is 16.8 Å². The summed E-state index contributed by atoms with van der Waals surface area (Å²) in [6.07, 6.45) is -6.30. The monoisotopic (exact) mass is 520 g/mol. The van der Waals surface area contributed by atoms with Gasteiger partial charge in [0, 0.05) is 29.5 Å². The molecule has 1 amide bonds. The average Bonchev–Trinajstić information content (AvgIpc) is 2.82. The van der Waals surface area contributed by atoms with Gasteiger partial charge in [0.2, 0.25) is 0 Å². The van der Waals surface area contributed by atoms with E-state index in [2.05, 4.69) is 16.7 Å². The quantitative estimate of drug-likeness (QED) is 0.165. The van der Waals surface area contributed by atoms with Gasteiger partial charge in [-0.15, -0.1) is 0 Å². The maximum Gasteiger partial charge on any atom is 0.416 e. The second-order valence-electron chi connectivity index (χ2n) is 8.32. The zero-order chi connectivity index (χ0) is 27.5. The average molecular weight is 520 g/mol. The second-order valence-corrected chi connectivity index (χ2v) is 8.32. The molecule has 0 bridgehead atoms. The first kappa shape index (κ1) is 27.4. The maximum atomic E-state index is 13.4. The second kappa shape index (κ2) is 10.5. The largest absolute Gasteiger partial charge is 0.416 e. The van der Waals surface area contributed by atoms with Crippen LogP contribution in [0.4, 0.5) is 26.3 Å². The number of benzene rings is 2. The minimum Gasteiger partial charge on any atom is -0.366 e. The first-order valence-electron chi connectivity index (χ1n) is 10.9. The fraction of sp³-hybridized carbons (Fsp3) is 0.192. The Bertz CT molecular complexity index is 1360. The number of carbonyl (C=O) groups excluding carboxylic acids is 1. The van der Waals surface area contributed by atoms with Crippen LogP contribution >= 0.6 is 0 Å². The zero-order valence-corrected chi connectivity index (χ0v) is 19.7. The summed E-state index contributed by atoms with van der Waals surface area (Å²) in [4.78, 5) is 16.5. The number of aromatic nitrogens is 1. The van der Waals surface area contributed by atoms with Gasteiger partial charge in [0.15, 0.2) is 0 Å². The highest BCUT2D eigenvalue weighted by Gasteiger charge is 2.37. The molecule has 0 aliphatic carbocycles. The number of para-hydroxylation sites is 1. The Kier molecular flexibility index (Phi) is 7.75. The smallest absolute Gasteiger partial charge is 0.366 e. The Morgan fingerprint density at radius 2 is 1.59 bits per heavy atom. The number of carbonyl (C=O) groups is 1. The summed E-state index contributed by atoms with van der Waals surface area (Å²) < 4.78 is 80.3. The van der Waals surface area contributed by atoms with E-state index >= 15 is 0 Å². The van der Waals surface area contributed by atoms with E-state index in [0.717, 1.165) is 11.2 Å². The van der Waals surface area contributed by atoms with Crippen LogP contribution in [-0.4, -0.2) is 21.6 Å². The van der Waals surface area contributed by atoms with Crippen molar-refractivity contribution in [2.75, 3.05) is 0 Å². The van der Waals surface area contributed by atoms with Crippen LogP contribution in [-0.2, 0) is 17.1 Å². The molecule has 3 rings (SSSR count). The summed E-state index contributed by atoms with van der Waals surface area (Å²) in [5.41, 5.74) is 3.09. The number of primary amides is 1. The number of hydrogen-bond acceptors (Lipinski definition) is 4. The summed E-state index contributed by atoms with van der Waals surface area (Å²) in [5.74, 6) is -1.47. The third kappa shape index (κ3) is 6.54. The first-order valence-corrected chi connectivity index (χ1v) is 10.9. The van der Waals surface area contributed by atoms with Crippen LogP contribution < -0.4 is 5.73 Å². The van der Waals surface area contributed by atoms with E-state index in [-0.39, 0.29) is 22.9 Å². The van der Waals surface area contributed by atoms with Crippen molar-refractivity contribution in [2.45, 2.75) is 26.2 Å².